The summed E-state index contributed by atoms with van der Waals surface area (Å²) in [5.74, 6) is 1.29. The molecule has 0 saturated carbocycles. The minimum atomic E-state index is 0.595. The molecular formula is C15H15N7. The highest BCUT2D eigenvalue weighted by Crippen LogP contribution is 2.12. The number of pyridine rings is 1. The molecule has 1 N–H and O–H groups in total. The molecular weight excluding hydrogens is 278 g/mol. The maximum atomic E-state index is 4.40. The summed E-state index contributed by atoms with van der Waals surface area (Å²) in [6, 6.07) is 7.56. The van der Waals surface area contributed by atoms with E-state index >= 15 is 0 Å². The van der Waals surface area contributed by atoms with Crippen LogP contribution in [0.1, 0.15) is 17.0 Å². The van der Waals surface area contributed by atoms with Gasteiger partial charge in [0.05, 0.1) is 11.9 Å². The van der Waals surface area contributed by atoms with Gasteiger partial charge in [-0.2, -0.15) is 10.2 Å². The SMILES string of the molecule is Cc1cc(C)n(-c2cc(NN=Cc3cccnc3)ncn2)n1. The average molecular weight is 293 g/mol. The Labute approximate surface area is 127 Å². The molecule has 0 bridgehead atoms. The molecule has 0 unspecified atom stereocenters. The van der Waals surface area contributed by atoms with Crippen molar-refractivity contribution in [2.24, 2.45) is 5.10 Å². The van der Waals surface area contributed by atoms with Crippen LogP contribution in [0.4, 0.5) is 5.82 Å². The van der Waals surface area contributed by atoms with Crippen molar-refractivity contribution < 1.29 is 0 Å². The van der Waals surface area contributed by atoms with E-state index in [-0.39, 0.29) is 0 Å². The van der Waals surface area contributed by atoms with Crippen molar-refractivity contribution in [2.75, 3.05) is 5.43 Å². The Morgan fingerprint density at radius 1 is 1.23 bits per heavy atom. The molecule has 3 rings (SSSR count). The third-order valence-electron chi connectivity index (χ3n) is 2.96. The summed E-state index contributed by atoms with van der Waals surface area (Å²) in [5.41, 5.74) is 5.74. The van der Waals surface area contributed by atoms with E-state index in [0.717, 1.165) is 17.0 Å². The minimum Gasteiger partial charge on any atom is -0.264 e. The summed E-state index contributed by atoms with van der Waals surface area (Å²) >= 11 is 0. The second kappa shape index (κ2) is 6.13. The molecule has 0 amide bonds. The van der Waals surface area contributed by atoms with Gasteiger partial charge in [-0.05, 0) is 26.0 Å². The van der Waals surface area contributed by atoms with E-state index < -0.39 is 0 Å². The fraction of sp³-hybridized carbons (Fsp3) is 0.133. The van der Waals surface area contributed by atoms with Gasteiger partial charge in [-0.3, -0.25) is 10.4 Å². The Hall–Kier alpha value is -3.09. The van der Waals surface area contributed by atoms with E-state index in [2.05, 4.69) is 30.6 Å². The summed E-state index contributed by atoms with van der Waals surface area (Å²) < 4.78 is 1.77. The lowest BCUT2D eigenvalue weighted by molar-refractivity contribution is 0.801. The maximum absolute atomic E-state index is 4.40. The van der Waals surface area contributed by atoms with Gasteiger partial charge in [-0.15, -0.1) is 0 Å². The van der Waals surface area contributed by atoms with Gasteiger partial charge >= 0.3 is 0 Å². The molecule has 3 aromatic rings. The summed E-state index contributed by atoms with van der Waals surface area (Å²) in [6.07, 6.45) is 6.61. The monoisotopic (exact) mass is 293 g/mol. The Kier molecular flexibility index (Phi) is 3.86. The van der Waals surface area contributed by atoms with Crippen molar-refractivity contribution in [2.45, 2.75) is 13.8 Å². The second-order valence-electron chi connectivity index (χ2n) is 4.76. The van der Waals surface area contributed by atoms with E-state index in [4.69, 9.17) is 0 Å². The zero-order valence-corrected chi connectivity index (χ0v) is 12.3. The number of nitrogens with one attached hydrogen (secondary N) is 1. The van der Waals surface area contributed by atoms with Crippen molar-refractivity contribution in [3.63, 3.8) is 0 Å². The molecule has 110 valence electrons. The first-order valence-electron chi connectivity index (χ1n) is 6.77. The van der Waals surface area contributed by atoms with E-state index in [1.54, 1.807) is 29.4 Å². The molecule has 3 heterocycles. The third-order valence-corrected chi connectivity index (χ3v) is 2.96. The van der Waals surface area contributed by atoms with Gasteiger partial charge < -0.3 is 0 Å². The van der Waals surface area contributed by atoms with Gasteiger partial charge in [0.25, 0.3) is 0 Å². The van der Waals surface area contributed by atoms with E-state index in [9.17, 15) is 0 Å². The molecule has 0 fully saturated rings. The Bertz CT molecular complexity index is 793. The first kappa shape index (κ1) is 13.9. The molecule has 7 nitrogen and oxygen atoms in total. The summed E-state index contributed by atoms with van der Waals surface area (Å²) in [5, 5.41) is 8.54. The molecule has 3 aromatic heterocycles. The fourth-order valence-electron chi connectivity index (χ4n) is 2.01. The number of nitrogens with zero attached hydrogens (tertiary/aromatic N) is 6. The highest BCUT2D eigenvalue weighted by molar-refractivity contribution is 5.79. The van der Waals surface area contributed by atoms with Crippen molar-refractivity contribution in [3.8, 4) is 5.82 Å². The largest absolute Gasteiger partial charge is 0.264 e. The molecule has 0 aromatic carbocycles. The van der Waals surface area contributed by atoms with Crippen LogP contribution in [-0.2, 0) is 0 Å². The van der Waals surface area contributed by atoms with Crippen LogP contribution in [0.5, 0.6) is 0 Å². The zero-order chi connectivity index (χ0) is 15.4. The summed E-state index contributed by atoms with van der Waals surface area (Å²) in [4.78, 5) is 12.4. The number of aryl methyl sites for hydroxylation is 2. The highest BCUT2D eigenvalue weighted by Gasteiger charge is 2.05. The van der Waals surface area contributed by atoms with Gasteiger partial charge in [-0.25, -0.2) is 14.6 Å². The van der Waals surface area contributed by atoms with Gasteiger partial charge in [0.15, 0.2) is 11.6 Å². The van der Waals surface area contributed by atoms with E-state index in [0.29, 0.717) is 11.6 Å². The van der Waals surface area contributed by atoms with Gasteiger partial charge in [0, 0.05) is 29.7 Å². The molecule has 0 spiro atoms. The van der Waals surface area contributed by atoms with Crippen molar-refractivity contribution in [1.29, 1.82) is 0 Å². The number of hydrazone groups is 1. The topological polar surface area (TPSA) is 80.9 Å². The van der Waals surface area contributed by atoms with Crippen LogP contribution in [0, 0.1) is 13.8 Å². The standard InChI is InChI=1S/C15H15N7/c1-11-6-12(2)22(21-11)15-7-14(17-10-18-15)20-19-9-13-4-3-5-16-8-13/h3-10H,1-2H3,(H,17,18,20). The van der Waals surface area contributed by atoms with Crippen molar-refractivity contribution in [3.05, 3.63) is 59.9 Å². The predicted octanol–water partition coefficient (Wildman–Crippen LogP) is 2.12. The molecule has 0 saturated heterocycles. The number of rotatable bonds is 4. The lowest BCUT2D eigenvalue weighted by atomic mass is 10.3. The molecule has 0 aliphatic rings. The maximum Gasteiger partial charge on any atom is 0.159 e. The zero-order valence-electron chi connectivity index (χ0n) is 12.3. The minimum absolute atomic E-state index is 0.595. The molecule has 0 radical (unpaired) electrons. The Morgan fingerprint density at radius 3 is 2.86 bits per heavy atom. The Balaban J connectivity index is 1.77. The quantitative estimate of drug-likeness (QED) is 0.588. The van der Waals surface area contributed by atoms with Gasteiger partial charge in [0.1, 0.15) is 6.33 Å². The van der Waals surface area contributed by atoms with E-state index in [1.165, 1.54) is 6.33 Å². The fourth-order valence-corrected chi connectivity index (χ4v) is 2.01. The van der Waals surface area contributed by atoms with Crippen LogP contribution < -0.4 is 5.43 Å². The highest BCUT2D eigenvalue weighted by atomic mass is 15.3. The normalized spacial score (nSPS) is 11.0. The smallest absolute Gasteiger partial charge is 0.159 e. The van der Waals surface area contributed by atoms with Gasteiger partial charge in [-0.1, -0.05) is 6.07 Å². The number of hydrogen-bond acceptors (Lipinski definition) is 6. The Morgan fingerprint density at radius 2 is 2.14 bits per heavy atom. The van der Waals surface area contributed by atoms with Crippen LogP contribution in [0.25, 0.3) is 5.82 Å². The second-order valence-corrected chi connectivity index (χ2v) is 4.76. The molecule has 0 aliphatic heterocycles. The number of aromatic nitrogens is 5. The lowest BCUT2D eigenvalue weighted by Gasteiger charge is -2.04. The van der Waals surface area contributed by atoms with Crippen LogP contribution in [0.15, 0.2) is 48.1 Å². The van der Waals surface area contributed by atoms with E-state index in [1.807, 2.05) is 32.0 Å². The van der Waals surface area contributed by atoms with Crippen LogP contribution in [-0.4, -0.2) is 30.9 Å². The van der Waals surface area contributed by atoms with Crippen LogP contribution in [0.2, 0.25) is 0 Å². The average Bonchev–Trinajstić information content (AvgIpc) is 2.87. The lowest BCUT2D eigenvalue weighted by Crippen LogP contribution is -2.04. The summed E-state index contributed by atoms with van der Waals surface area (Å²) in [6.45, 7) is 3.93. The molecule has 0 aliphatic carbocycles. The molecule has 7 heteroatoms. The number of anilines is 1. The number of hydrogen-bond donors (Lipinski definition) is 1. The molecule has 0 atom stereocenters. The van der Waals surface area contributed by atoms with Gasteiger partial charge in [0.2, 0.25) is 0 Å². The van der Waals surface area contributed by atoms with Crippen LogP contribution >= 0.6 is 0 Å². The van der Waals surface area contributed by atoms with Crippen LogP contribution in [0.3, 0.4) is 0 Å². The molecule has 22 heavy (non-hydrogen) atoms. The summed E-state index contributed by atoms with van der Waals surface area (Å²) in [7, 11) is 0. The van der Waals surface area contributed by atoms with Crippen molar-refractivity contribution in [1.82, 2.24) is 24.7 Å². The van der Waals surface area contributed by atoms with Crippen molar-refractivity contribution >= 4 is 12.0 Å². The predicted molar refractivity (Wildman–Crippen MR) is 84.1 cm³/mol. The first-order chi connectivity index (χ1) is 10.7. The third kappa shape index (κ3) is 3.14. The first-order valence-corrected chi connectivity index (χ1v) is 6.77.